The number of amides is 1. The molecule has 0 aliphatic carbocycles. The van der Waals surface area contributed by atoms with Gasteiger partial charge in [0.25, 0.3) is 5.91 Å². The number of aromatic nitrogens is 2. The highest BCUT2D eigenvalue weighted by atomic mass is 19.4. The SMILES string of the molecule is O=C(NCc1ccc(N2CCOCC2)cc1C(F)(F)F)c1ccc(-n2ccc(C(F)(F)F)n2)cc1. The van der Waals surface area contributed by atoms with E-state index in [0.29, 0.717) is 32.0 Å². The van der Waals surface area contributed by atoms with Gasteiger partial charge in [0.15, 0.2) is 5.69 Å². The second-order valence-corrected chi connectivity index (χ2v) is 7.81. The molecule has 1 aromatic heterocycles. The summed E-state index contributed by atoms with van der Waals surface area (Å²) in [6.07, 6.45) is -8.05. The van der Waals surface area contributed by atoms with Crippen molar-refractivity contribution in [3.63, 3.8) is 0 Å². The van der Waals surface area contributed by atoms with Crippen molar-refractivity contribution in [2.24, 2.45) is 0 Å². The first-order valence-electron chi connectivity index (χ1n) is 10.6. The maximum atomic E-state index is 13.7. The van der Waals surface area contributed by atoms with Gasteiger partial charge in [-0.2, -0.15) is 31.4 Å². The molecule has 0 saturated carbocycles. The van der Waals surface area contributed by atoms with Gasteiger partial charge in [0, 0.05) is 37.1 Å². The highest BCUT2D eigenvalue weighted by Gasteiger charge is 2.35. The number of nitrogens with zero attached hydrogens (tertiary/aromatic N) is 3. The fourth-order valence-electron chi connectivity index (χ4n) is 3.66. The van der Waals surface area contributed by atoms with Crippen molar-refractivity contribution in [2.45, 2.75) is 18.9 Å². The molecular formula is C23H20F6N4O2. The van der Waals surface area contributed by atoms with Crippen molar-refractivity contribution in [3.05, 3.63) is 77.1 Å². The lowest BCUT2D eigenvalue weighted by Gasteiger charge is -2.29. The average Bonchev–Trinajstić information content (AvgIpc) is 3.34. The van der Waals surface area contributed by atoms with E-state index in [9.17, 15) is 31.1 Å². The number of ether oxygens (including phenoxy) is 1. The molecule has 1 amide bonds. The van der Waals surface area contributed by atoms with Crippen molar-refractivity contribution >= 4 is 11.6 Å². The first-order chi connectivity index (χ1) is 16.5. The summed E-state index contributed by atoms with van der Waals surface area (Å²) in [6.45, 7) is 1.48. The molecule has 0 atom stereocenters. The Hall–Kier alpha value is -3.54. The lowest BCUT2D eigenvalue weighted by Crippen LogP contribution is -2.36. The second-order valence-electron chi connectivity index (χ2n) is 7.81. The highest BCUT2D eigenvalue weighted by Crippen LogP contribution is 2.35. The number of rotatable bonds is 5. The fourth-order valence-corrected chi connectivity index (χ4v) is 3.66. The summed E-state index contributed by atoms with van der Waals surface area (Å²) in [7, 11) is 0. The standard InChI is InChI=1S/C23H20F6N4O2/c24-22(25,26)19-13-18(32-9-11-35-12-10-32)6-3-16(19)14-30-21(34)15-1-4-17(5-2-15)33-8-7-20(31-33)23(27,28)29/h1-8,13H,9-12,14H2,(H,30,34). The predicted octanol–water partition coefficient (Wildman–Crippen LogP) is 4.68. The summed E-state index contributed by atoms with van der Waals surface area (Å²) in [5, 5.41) is 5.92. The lowest BCUT2D eigenvalue weighted by atomic mass is 10.0. The molecule has 1 aliphatic heterocycles. The minimum atomic E-state index is -4.61. The van der Waals surface area contributed by atoms with Gasteiger partial charge >= 0.3 is 12.4 Å². The number of morpholine rings is 1. The van der Waals surface area contributed by atoms with Gasteiger partial charge in [-0.3, -0.25) is 4.79 Å². The molecule has 35 heavy (non-hydrogen) atoms. The van der Waals surface area contributed by atoms with Gasteiger partial charge in [-0.15, -0.1) is 0 Å². The number of hydrogen-bond donors (Lipinski definition) is 1. The van der Waals surface area contributed by atoms with Gasteiger partial charge in [0.1, 0.15) is 0 Å². The predicted molar refractivity (Wildman–Crippen MR) is 114 cm³/mol. The molecule has 3 aromatic rings. The quantitative estimate of drug-likeness (QED) is 0.520. The van der Waals surface area contributed by atoms with Crippen LogP contribution in [0.5, 0.6) is 0 Å². The number of halogens is 6. The largest absolute Gasteiger partial charge is 0.435 e. The maximum Gasteiger partial charge on any atom is 0.435 e. The van der Waals surface area contributed by atoms with E-state index >= 15 is 0 Å². The van der Waals surface area contributed by atoms with E-state index in [2.05, 4.69) is 10.4 Å². The summed E-state index contributed by atoms with van der Waals surface area (Å²) < 4.78 is 85.5. The van der Waals surface area contributed by atoms with Gasteiger partial charge < -0.3 is 15.0 Å². The van der Waals surface area contributed by atoms with Gasteiger partial charge in [0.2, 0.25) is 0 Å². The number of anilines is 1. The topological polar surface area (TPSA) is 59.4 Å². The van der Waals surface area contributed by atoms with Gasteiger partial charge in [-0.05, 0) is 48.0 Å². The fraction of sp³-hybridized carbons (Fsp3) is 0.304. The van der Waals surface area contributed by atoms with Crippen LogP contribution in [0.2, 0.25) is 0 Å². The van der Waals surface area contributed by atoms with Crippen LogP contribution in [0.25, 0.3) is 5.69 Å². The molecule has 2 heterocycles. The molecular weight excluding hydrogens is 478 g/mol. The van der Waals surface area contributed by atoms with Gasteiger partial charge in [-0.1, -0.05) is 6.07 Å². The third-order valence-corrected chi connectivity index (χ3v) is 5.49. The van der Waals surface area contributed by atoms with E-state index < -0.39 is 29.5 Å². The van der Waals surface area contributed by atoms with E-state index in [1.54, 1.807) is 11.0 Å². The van der Waals surface area contributed by atoms with Crippen LogP contribution < -0.4 is 10.2 Å². The van der Waals surface area contributed by atoms with Crippen LogP contribution in [0, 0.1) is 0 Å². The molecule has 12 heteroatoms. The van der Waals surface area contributed by atoms with E-state index in [4.69, 9.17) is 4.74 Å². The van der Waals surface area contributed by atoms with E-state index in [1.165, 1.54) is 30.3 Å². The van der Waals surface area contributed by atoms with Crippen molar-refractivity contribution < 1.29 is 35.9 Å². The third kappa shape index (κ3) is 5.76. The Morgan fingerprint density at radius 1 is 0.914 bits per heavy atom. The van der Waals surface area contributed by atoms with Crippen LogP contribution in [0.1, 0.15) is 27.2 Å². The molecule has 0 bridgehead atoms. The second kappa shape index (κ2) is 9.61. The summed E-state index contributed by atoms with van der Waals surface area (Å²) in [5.41, 5.74) is -1.13. The Labute approximate surface area is 196 Å². The normalized spacial score (nSPS) is 14.7. The first kappa shape index (κ1) is 24.6. The summed E-state index contributed by atoms with van der Waals surface area (Å²) >= 11 is 0. The molecule has 6 nitrogen and oxygen atoms in total. The number of carbonyl (C=O) groups excluding carboxylic acids is 1. The van der Waals surface area contributed by atoms with Crippen LogP contribution in [0.4, 0.5) is 32.0 Å². The summed E-state index contributed by atoms with van der Waals surface area (Å²) in [4.78, 5) is 14.3. The lowest BCUT2D eigenvalue weighted by molar-refractivity contribution is -0.141. The van der Waals surface area contributed by atoms with Crippen molar-refractivity contribution in [1.29, 1.82) is 0 Å². The molecule has 1 saturated heterocycles. The monoisotopic (exact) mass is 498 g/mol. The van der Waals surface area contributed by atoms with Crippen LogP contribution in [0.3, 0.4) is 0 Å². The van der Waals surface area contributed by atoms with Gasteiger partial charge in [0.05, 0.1) is 24.5 Å². The average molecular weight is 498 g/mol. The zero-order chi connectivity index (χ0) is 25.2. The minimum Gasteiger partial charge on any atom is -0.378 e. The van der Waals surface area contributed by atoms with Crippen LogP contribution in [-0.2, 0) is 23.6 Å². The summed E-state index contributed by atoms with van der Waals surface area (Å²) in [6, 6.07) is 10.3. The number of benzene rings is 2. The Bertz CT molecular complexity index is 1180. The van der Waals surface area contributed by atoms with Crippen molar-refractivity contribution in [2.75, 3.05) is 31.2 Å². The van der Waals surface area contributed by atoms with Crippen molar-refractivity contribution in [1.82, 2.24) is 15.1 Å². The molecule has 4 rings (SSSR count). The molecule has 1 N–H and O–H groups in total. The zero-order valence-electron chi connectivity index (χ0n) is 18.2. The van der Waals surface area contributed by atoms with Gasteiger partial charge in [-0.25, -0.2) is 4.68 Å². The number of hydrogen-bond acceptors (Lipinski definition) is 4. The van der Waals surface area contributed by atoms with Crippen LogP contribution in [0.15, 0.2) is 54.7 Å². The smallest absolute Gasteiger partial charge is 0.378 e. The Morgan fingerprint density at radius 2 is 1.57 bits per heavy atom. The van der Waals surface area contributed by atoms with Crippen LogP contribution in [-0.4, -0.2) is 42.0 Å². The van der Waals surface area contributed by atoms with E-state index in [1.807, 2.05) is 0 Å². The Morgan fingerprint density at radius 3 is 2.17 bits per heavy atom. The Kier molecular flexibility index (Phi) is 6.75. The molecule has 0 radical (unpaired) electrons. The molecule has 0 spiro atoms. The summed E-state index contributed by atoms with van der Waals surface area (Å²) in [5.74, 6) is -0.627. The Balaban J connectivity index is 1.45. The van der Waals surface area contributed by atoms with Crippen LogP contribution >= 0.6 is 0 Å². The third-order valence-electron chi connectivity index (χ3n) is 5.49. The van der Waals surface area contributed by atoms with E-state index in [-0.39, 0.29) is 23.4 Å². The first-order valence-corrected chi connectivity index (χ1v) is 10.6. The maximum absolute atomic E-state index is 13.7. The molecule has 1 aliphatic rings. The van der Waals surface area contributed by atoms with Crippen molar-refractivity contribution in [3.8, 4) is 5.69 Å². The molecule has 186 valence electrons. The molecule has 1 fully saturated rings. The minimum absolute atomic E-state index is 0.0873. The molecule has 0 unspecified atom stereocenters. The highest BCUT2D eigenvalue weighted by molar-refractivity contribution is 5.94. The number of carbonyl (C=O) groups is 1. The van der Waals surface area contributed by atoms with E-state index in [0.717, 1.165) is 23.0 Å². The number of alkyl halides is 6. The number of nitrogens with one attached hydrogen (secondary N) is 1. The molecule has 2 aromatic carbocycles. The zero-order valence-corrected chi connectivity index (χ0v) is 18.2.